The van der Waals surface area contributed by atoms with Crippen LogP contribution >= 0.6 is 23.2 Å². The molecule has 1 aliphatic heterocycles. The van der Waals surface area contributed by atoms with Gasteiger partial charge >= 0.3 is 5.97 Å². The number of nitrogens with one attached hydrogen (secondary N) is 1. The van der Waals surface area contributed by atoms with Gasteiger partial charge in [0.15, 0.2) is 6.10 Å². The number of hydroxylamine groups is 1. The third-order valence-electron chi connectivity index (χ3n) is 2.30. The average molecular weight is 304 g/mol. The molecule has 1 atom stereocenters. The first-order valence-electron chi connectivity index (χ1n) is 5.34. The molecule has 8 heteroatoms. The summed E-state index contributed by atoms with van der Waals surface area (Å²) >= 11 is 11.8. The molecule has 0 amide bonds. The molecule has 0 saturated heterocycles. The third kappa shape index (κ3) is 3.51. The van der Waals surface area contributed by atoms with Gasteiger partial charge in [0.2, 0.25) is 0 Å². The van der Waals surface area contributed by atoms with E-state index in [1.807, 2.05) is 0 Å². The van der Waals surface area contributed by atoms with Crippen molar-refractivity contribution in [3.05, 3.63) is 40.6 Å². The maximum Gasteiger partial charge on any atom is 0.335 e. The molecule has 0 radical (unpaired) electrons. The first kappa shape index (κ1) is 14.0. The van der Waals surface area contributed by atoms with Crippen molar-refractivity contribution >= 4 is 34.9 Å². The SMILES string of the molecule is CC(ON1C=CN(c2cc(Cl)cc(Cl)c2)N1)C(=O)O. The molecule has 1 aromatic rings. The highest BCUT2D eigenvalue weighted by molar-refractivity contribution is 6.35. The first-order valence-corrected chi connectivity index (χ1v) is 6.10. The van der Waals surface area contributed by atoms with Gasteiger partial charge in [0, 0.05) is 16.2 Å². The molecule has 0 bridgehead atoms. The van der Waals surface area contributed by atoms with E-state index in [9.17, 15) is 4.79 Å². The Morgan fingerprint density at radius 2 is 1.95 bits per heavy atom. The van der Waals surface area contributed by atoms with Gasteiger partial charge in [0.25, 0.3) is 0 Å². The van der Waals surface area contributed by atoms with E-state index in [1.54, 1.807) is 29.4 Å². The van der Waals surface area contributed by atoms with Crippen LogP contribution in [0.5, 0.6) is 0 Å². The maximum atomic E-state index is 10.7. The Hall–Kier alpha value is -1.47. The summed E-state index contributed by atoms with van der Waals surface area (Å²) in [5, 5.41) is 12.5. The third-order valence-corrected chi connectivity index (χ3v) is 2.74. The molecule has 6 nitrogen and oxygen atoms in total. The van der Waals surface area contributed by atoms with Crippen molar-refractivity contribution in [2.75, 3.05) is 5.01 Å². The molecule has 0 fully saturated rings. The highest BCUT2D eigenvalue weighted by atomic mass is 35.5. The van der Waals surface area contributed by atoms with Crippen LogP contribution in [0.1, 0.15) is 6.92 Å². The fourth-order valence-electron chi connectivity index (χ4n) is 1.40. The fourth-order valence-corrected chi connectivity index (χ4v) is 1.91. The summed E-state index contributed by atoms with van der Waals surface area (Å²) in [6.45, 7) is 1.43. The highest BCUT2D eigenvalue weighted by Gasteiger charge is 2.20. The number of aliphatic carboxylic acids is 1. The molecule has 0 spiro atoms. The quantitative estimate of drug-likeness (QED) is 0.890. The van der Waals surface area contributed by atoms with E-state index < -0.39 is 12.1 Å². The van der Waals surface area contributed by atoms with Gasteiger partial charge < -0.3 is 5.11 Å². The second kappa shape index (κ2) is 5.66. The lowest BCUT2D eigenvalue weighted by Gasteiger charge is -2.23. The number of anilines is 1. The van der Waals surface area contributed by atoms with Crippen LogP contribution in [0.15, 0.2) is 30.6 Å². The van der Waals surface area contributed by atoms with Crippen molar-refractivity contribution in [2.24, 2.45) is 0 Å². The van der Waals surface area contributed by atoms with E-state index in [2.05, 4.69) is 5.53 Å². The molecular weight excluding hydrogens is 293 g/mol. The summed E-state index contributed by atoms with van der Waals surface area (Å²) in [6, 6.07) is 5.02. The minimum absolute atomic E-state index is 0.496. The molecule has 0 saturated carbocycles. The van der Waals surface area contributed by atoms with Crippen LogP contribution in [0.2, 0.25) is 10.0 Å². The molecule has 0 aromatic heterocycles. The summed E-state index contributed by atoms with van der Waals surface area (Å²) in [6.07, 6.45) is 2.21. The Labute approximate surface area is 119 Å². The van der Waals surface area contributed by atoms with E-state index in [0.717, 1.165) is 0 Å². The van der Waals surface area contributed by atoms with Crippen molar-refractivity contribution in [1.29, 1.82) is 0 Å². The number of carboxylic acid groups (broad SMARTS) is 1. The van der Waals surface area contributed by atoms with Gasteiger partial charge in [-0.1, -0.05) is 23.2 Å². The Bertz CT molecular complexity index is 504. The minimum Gasteiger partial charge on any atom is -0.479 e. The standard InChI is InChI=1S/C11H11Cl2N3O3/c1-7(11(17)18)19-16-3-2-15(14-16)10-5-8(12)4-9(13)6-10/h2-7,14H,1H3,(H,17,18). The topological polar surface area (TPSA) is 65.0 Å². The Morgan fingerprint density at radius 3 is 2.53 bits per heavy atom. The van der Waals surface area contributed by atoms with E-state index in [1.165, 1.54) is 18.3 Å². The summed E-state index contributed by atoms with van der Waals surface area (Å²) < 4.78 is 0. The number of carboxylic acids is 1. The number of hydrazine groups is 2. The lowest BCUT2D eigenvalue weighted by Crippen LogP contribution is -2.42. The fraction of sp³-hybridized carbons (Fsp3) is 0.182. The van der Waals surface area contributed by atoms with Gasteiger partial charge in [-0.2, -0.15) is 5.17 Å². The lowest BCUT2D eigenvalue weighted by atomic mass is 10.3. The van der Waals surface area contributed by atoms with E-state index in [-0.39, 0.29) is 0 Å². The van der Waals surface area contributed by atoms with Crippen LogP contribution < -0.4 is 10.5 Å². The number of carbonyl (C=O) groups is 1. The van der Waals surface area contributed by atoms with Gasteiger partial charge in [-0.05, 0) is 25.1 Å². The smallest absolute Gasteiger partial charge is 0.335 e. The second-order valence-corrected chi connectivity index (χ2v) is 4.68. The van der Waals surface area contributed by atoms with Crippen molar-refractivity contribution in [1.82, 2.24) is 10.7 Å². The predicted octanol–water partition coefficient (Wildman–Crippen LogP) is 2.41. The van der Waals surface area contributed by atoms with Crippen molar-refractivity contribution < 1.29 is 14.7 Å². The van der Waals surface area contributed by atoms with Crippen molar-refractivity contribution in [3.8, 4) is 0 Å². The minimum atomic E-state index is -1.06. The summed E-state index contributed by atoms with van der Waals surface area (Å²) in [4.78, 5) is 15.8. The van der Waals surface area contributed by atoms with Gasteiger partial charge in [-0.15, -0.1) is 5.53 Å². The number of benzene rings is 1. The molecule has 0 aliphatic carbocycles. The van der Waals surface area contributed by atoms with E-state index in [4.69, 9.17) is 33.1 Å². The van der Waals surface area contributed by atoms with Crippen LogP contribution in [-0.2, 0) is 9.63 Å². The normalized spacial score (nSPS) is 15.9. The highest BCUT2D eigenvalue weighted by Crippen LogP contribution is 2.26. The number of nitrogens with zero attached hydrogens (tertiary/aromatic N) is 2. The second-order valence-electron chi connectivity index (χ2n) is 3.81. The first-order chi connectivity index (χ1) is 8.95. The number of hydrogen-bond acceptors (Lipinski definition) is 5. The summed E-state index contributed by atoms with van der Waals surface area (Å²) in [5.74, 6) is -1.06. The van der Waals surface area contributed by atoms with Gasteiger partial charge in [0.1, 0.15) is 0 Å². The van der Waals surface area contributed by atoms with Crippen molar-refractivity contribution in [2.45, 2.75) is 13.0 Å². The summed E-state index contributed by atoms with van der Waals surface area (Å²) in [5.41, 5.74) is 3.50. The molecule has 19 heavy (non-hydrogen) atoms. The van der Waals surface area contributed by atoms with Crippen LogP contribution in [-0.4, -0.2) is 22.4 Å². The Balaban J connectivity index is 2.02. The maximum absolute atomic E-state index is 10.7. The molecule has 2 N–H and O–H groups in total. The largest absolute Gasteiger partial charge is 0.479 e. The van der Waals surface area contributed by atoms with Gasteiger partial charge in [0.05, 0.1) is 11.9 Å². The average Bonchev–Trinajstić information content (AvgIpc) is 2.76. The monoisotopic (exact) mass is 303 g/mol. The van der Waals surface area contributed by atoms with E-state index >= 15 is 0 Å². The molecular formula is C11H11Cl2N3O3. The van der Waals surface area contributed by atoms with Crippen LogP contribution in [0, 0.1) is 0 Å². The van der Waals surface area contributed by atoms with E-state index in [0.29, 0.717) is 15.7 Å². The van der Waals surface area contributed by atoms with Gasteiger partial charge in [-0.3, -0.25) is 5.01 Å². The van der Waals surface area contributed by atoms with Crippen LogP contribution in [0.4, 0.5) is 5.69 Å². The zero-order chi connectivity index (χ0) is 14.0. The van der Waals surface area contributed by atoms with Gasteiger partial charge in [-0.25, -0.2) is 9.63 Å². The summed E-state index contributed by atoms with van der Waals surface area (Å²) in [7, 11) is 0. The predicted molar refractivity (Wildman–Crippen MR) is 71.2 cm³/mol. The molecule has 1 unspecified atom stereocenters. The lowest BCUT2D eigenvalue weighted by molar-refractivity contribution is -0.201. The Kier molecular flexibility index (Phi) is 4.16. The van der Waals surface area contributed by atoms with Crippen LogP contribution in [0.25, 0.3) is 0 Å². The number of halogens is 2. The number of hydrogen-bond donors (Lipinski definition) is 2. The molecule has 2 rings (SSSR count). The Morgan fingerprint density at radius 1 is 1.32 bits per heavy atom. The van der Waals surface area contributed by atoms with Crippen molar-refractivity contribution in [3.63, 3.8) is 0 Å². The molecule has 102 valence electrons. The zero-order valence-corrected chi connectivity index (χ0v) is 11.4. The zero-order valence-electron chi connectivity index (χ0n) is 9.88. The van der Waals surface area contributed by atoms with Crippen LogP contribution in [0.3, 0.4) is 0 Å². The number of rotatable bonds is 4. The molecule has 1 heterocycles. The molecule has 1 aliphatic rings. The molecule has 1 aromatic carbocycles.